The van der Waals surface area contributed by atoms with Gasteiger partial charge in [-0.25, -0.2) is 8.42 Å². The molecule has 1 heterocycles. The van der Waals surface area contributed by atoms with Gasteiger partial charge in [0.25, 0.3) is 10.0 Å². The van der Waals surface area contributed by atoms with Crippen molar-refractivity contribution in [3.8, 4) is 0 Å². The predicted octanol–water partition coefficient (Wildman–Crippen LogP) is 3.93. The first-order valence-electron chi connectivity index (χ1n) is 7.21. The normalized spacial score (nSPS) is 17.6. The molecule has 1 aliphatic rings. The quantitative estimate of drug-likeness (QED) is 0.779. The summed E-state index contributed by atoms with van der Waals surface area (Å²) >= 11 is 4.85. The van der Waals surface area contributed by atoms with Crippen molar-refractivity contribution in [1.29, 1.82) is 0 Å². The molecule has 2 aromatic carbocycles. The van der Waals surface area contributed by atoms with Gasteiger partial charge in [-0.2, -0.15) is 0 Å². The van der Waals surface area contributed by atoms with Crippen molar-refractivity contribution in [3.63, 3.8) is 0 Å². The Kier molecular flexibility index (Phi) is 4.89. The van der Waals surface area contributed by atoms with E-state index in [1.54, 1.807) is 42.1 Å². The summed E-state index contributed by atoms with van der Waals surface area (Å²) in [7, 11) is -3.74. The van der Waals surface area contributed by atoms with Gasteiger partial charge >= 0.3 is 0 Å². The molecule has 0 aliphatic carbocycles. The number of carbonyl (C=O) groups excluding carboxylic acids is 1. The molecule has 2 N–H and O–H groups in total. The number of hydrogen-bond donors (Lipinski definition) is 2. The van der Waals surface area contributed by atoms with Crippen LogP contribution in [0.4, 0.5) is 11.4 Å². The number of anilines is 2. The highest BCUT2D eigenvalue weighted by molar-refractivity contribution is 9.10. The average Bonchev–Trinajstić information content (AvgIpc) is 2.66. The maximum absolute atomic E-state index is 12.6. The van der Waals surface area contributed by atoms with E-state index >= 15 is 0 Å². The summed E-state index contributed by atoms with van der Waals surface area (Å²) in [5.74, 6) is 0.444. The van der Waals surface area contributed by atoms with Crippen molar-refractivity contribution in [2.75, 3.05) is 15.8 Å². The number of nitrogens with one attached hydrogen (secondary N) is 2. The van der Waals surface area contributed by atoms with E-state index < -0.39 is 10.0 Å². The zero-order valence-corrected chi connectivity index (χ0v) is 16.0. The maximum atomic E-state index is 12.6. The first kappa shape index (κ1) is 17.3. The third-order valence-electron chi connectivity index (χ3n) is 3.53. The summed E-state index contributed by atoms with van der Waals surface area (Å²) in [4.78, 5) is 12.9. The van der Waals surface area contributed by atoms with Crippen molar-refractivity contribution in [3.05, 3.63) is 46.9 Å². The zero-order valence-electron chi connectivity index (χ0n) is 12.7. The first-order valence-corrected chi connectivity index (χ1v) is 10.5. The fourth-order valence-electron chi connectivity index (χ4n) is 2.21. The van der Waals surface area contributed by atoms with Crippen LogP contribution in [0, 0.1) is 5.92 Å². The van der Waals surface area contributed by atoms with Gasteiger partial charge in [-0.3, -0.25) is 9.52 Å². The van der Waals surface area contributed by atoms with E-state index in [0.717, 1.165) is 9.37 Å². The molecule has 126 valence electrons. The lowest BCUT2D eigenvalue weighted by Crippen LogP contribution is -2.20. The van der Waals surface area contributed by atoms with Crippen molar-refractivity contribution in [2.45, 2.75) is 16.7 Å². The van der Waals surface area contributed by atoms with Gasteiger partial charge in [0.2, 0.25) is 5.91 Å². The van der Waals surface area contributed by atoms with Gasteiger partial charge in [-0.15, -0.1) is 11.8 Å². The predicted molar refractivity (Wildman–Crippen MR) is 99.9 cm³/mol. The summed E-state index contributed by atoms with van der Waals surface area (Å²) in [6.07, 6.45) is 0. The number of benzene rings is 2. The van der Waals surface area contributed by atoms with Gasteiger partial charge < -0.3 is 5.32 Å². The molecule has 1 atom stereocenters. The van der Waals surface area contributed by atoms with Gasteiger partial charge in [-0.1, -0.05) is 28.9 Å². The average molecular weight is 427 g/mol. The molecule has 0 saturated heterocycles. The number of amides is 1. The molecule has 3 rings (SSSR count). The Hall–Kier alpha value is -1.51. The van der Waals surface area contributed by atoms with Crippen LogP contribution in [0.15, 0.2) is 56.7 Å². The molecule has 24 heavy (non-hydrogen) atoms. The Morgan fingerprint density at radius 2 is 2.04 bits per heavy atom. The van der Waals surface area contributed by atoms with E-state index in [0.29, 0.717) is 17.1 Å². The third-order valence-corrected chi connectivity index (χ3v) is 6.74. The summed E-state index contributed by atoms with van der Waals surface area (Å²) in [6, 6.07) is 11.7. The second-order valence-electron chi connectivity index (χ2n) is 5.48. The van der Waals surface area contributed by atoms with Crippen LogP contribution < -0.4 is 10.0 Å². The number of hydrogen-bond acceptors (Lipinski definition) is 4. The van der Waals surface area contributed by atoms with Crippen LogP contribution in [0.2, 0.25) is 0 Å². The molecule has 0 bridgehead atoms. The number of sulfonamides is 1. The first-order chi connectivity index (χ1) is 11.3. The molecule has 2 aromatic rings. The molecule has 1 unspecified atom stereocenters. The highest BCUT2D eigenvalue weighted by Gasteiger charge is 2.23. The smallest absolute Gasteiger partial charge is 0.261 e. The van der Waals surface area contributed by atoms with E-state index in [1.165, 1.54) is 6.07 Å². The van der Waals surface area contributed by atoms with Crippen LogP contribution in [0.3, 0.4) is 0 Å². The van der Waals surface area contributed by atoms with Gasteiger partial charge in [-0.05, 0) is 36.4 Å². The van der Waals surface area contributed by atoms with Crippen molar-refractivity contribution >= 4 is 55.0 Å². The minimum absolute atomic E-state index is 0.101. The van der Waals surface area contributed by atoms with Crippen molar-refractivity contribution in [1.82, 2.24) is 0 Å². The van der Waals surface area contributed by atoms with Gasteiger partial charge in [0.05, 0.1) is 10.6 Å². The molecule has 0 saturated carbocycles. The topological polar surface area (TPSA) is 75.3 Å². The number of fused-ring (bicyclic) bond motifs is 1. The lowest BCUT2D eigenvalue weighted by atomic mass is 10.2. The lowest BCUT2D eigenvalue weighted by molar-refractivity contribution is -0.118. The van der Waals surface area contributed by atoms with E-state index in [-0.39, 0.29) is 16.7 Å². The Bertz CT molecular complexity index is 900. The molecule has 0 spiro atoms. The summed E-state index contributed by atoms with van der Waals surface area (Å²) in [5, 5.41) is 2.80. The molecule has 0 fully saturated rings. The summed E-state index contributed by atoms with van der Waals surface area (Å²) < 4.78 is 28.5. The molecular formula is C16H15BrN2O3S2. The second-order valence-corrected chi connectivity index (χ2v) is 9.14. The highest BCUT2D eigenvalue weighted by atomic mass is 79.9. The number of halogens is 1. The third kappa shape index (κ3) is 3.76. The zero-order chi connectivity index (χ0) is 17.3. The van der Waals surface area contributed by atoms with Gasteiger partial charge in [0.15, 0.2) is 0 Å². The van der Waals surface area contributed by atoms with Crippen LogP contribution in [-0.4, -0.2) is 20.1 Å². The Morgan fingerprint density at radius 1 is 1.25 bits per heavy atom. The van der Waals surface area contributed by atoms with E-state index in [1.807, 2.05) is 13.0 Å². The van der Waals surface area contributed by atoms with E-state index in [9.17, 15) is 13.2 Å². The minimum atomic E-state index is -3.74. The number of carbonyl (C=O) groups is 1. The van der Waals surface area contributed by atoms with Crippen molar-refractivity contribution in [2.24, 2.45) is 5.92 Å². The fraction of sp³-hybridized carbons (Fsp3) is 0.188. The van der Waals surface area contributed by atoms with E-state index in [4.69, 9.17) is 0 Å². The largest absolute Gasteiger partial charge is 0.325 e. The molecular weight excluding hydrogens is 412 g/mol. The Labute approximate surface area is 153 Å². The molecule has 8 heteroatoms. The van der Waals surface area contributed by atoms with Gasteiger partial charge in [0, 0.05) is 26.7 Å². The molecule has 0 radical (unpaired) electrons. The van der Waals surface area contributed by atoms with Crippen LogP contribution >= 0.6 is 27.7 Å². The number of thioether (sulfide) groups is 1. The van der Waals surface area contributed by atoms with Crippen LogP contribution in [0.25, 0.3) is 0 Å². The second kappa shape index (κ2) is 6.78. The van der Waals surface area contributed by atoms with Gasteiger partial charge in [0.1, 0.15) is 0 Å². The molecule has 0 aromatic heterocycles. The fourth-order valence-corrected chi connectivity index (χ4v) is 4.70. The summed E-state index contributed by atoms with van der Waals surface area (Å²) in [6.45, 7) is 1.85. The molecule has 1 amide bonds. The monoisotopic (exact) mass is 426 g/mol. The lowest BCUT2D eigenvalue weighted by Gasteiger charge is -2.12. The summed E-state index contributed by atoms with van der Waals surface area (Å²) in [5.41, 5.74) is 0.998. The Morgan fingerprint density at radius 3 is 2.79 bits per heavy atom. The Balaban J connectivity index is 1.92. The number of rotatable bonds is 3. The SMILES string of the molecule is CC1CSc2ccc(S(=O)(=O)Nc3cccc(Br)c3)cc2NC1=O. The van der Waals surface area contributed by atoms with Crippen LogP contribution in [-0.2, 0) is 14.8 Å². The standard InChI is InChI=1S/C16H15BrN2O3S2/c1-10-9-23-15-6-5-13(8-14(15)18-16(10)20)24(21,22)19-12-4-2-3-11(17)7-12/h2-8,10,19H,9H2,1H3,(H,18,20). The molecule has 1 aliphatic heterocycles. The van der Waals surface area contributed by atoms with Crippen LogP contribution in [0.1, 0.15) is 6.92 Å². The van der Waals surface area contributed by atoms with Crippen molar-refractivity contribution < 1.29 is 13.2 Å². The maximum Gasteiger partial charge on any atom is 0.261 e. The molecule has 5 nitrogen and oxygen atoms in total. The minimum Gasteiger partial charge on any atom is -0.325 e. The van der Waals surface area contributed by atoms with E-state index in [2.05, 4.69) is 26.0 Å². The highest BCUT2D eigenvalue weighted by Crippen LogP contribution is 2.34. The van der Waals surface area contributed by atoms with Crippen LogP contribution in [0.5, 0.6) is 0 Å².